The number of halogens is 1. The SMILES string of the molecule is Cc1cnn(-c2cc(F)cc(/C=C/C(=O)O)c2)c1. The summed E-state index contributed by atoms with van der Waals surface area (Å²) in [5.74, 6) is -1.51. The van der Waals surface area contributed by atoms with Gasteiger partial charge in [-0.15, -0.1) is 0 Å². The number of carboxylic acid groups (broad SMARTS) is 1. The van der Waals surface area contributed by atoms with Gasteiger partial charge in [-0.05, 0) is 42.3 Å². The van der Waals surface area contributed by atoms with Crippen molar-refractivity contribution in [2.24, 2.45) is 0 Å². The van der Waals surface area contributed by atoms with E-state index in [0.29, 0.717) is 11.3 Å². The molecule has 0 fully saturated rings. The van der Waals surface area contributed by atoms with Crippen molar-refractivity contribution in [3.63, 3.8) is 0 Å². The van der Waals surface area contributed by atoms with Crippen LogP contribution in [0.1, 0.15) is 11.1 Å². The molecule has 5 heteroatoms. The van der Waals surface area contributed by atoms with E-state index in [0.717, 1.165) is 11.6 Å². The van der Waals surface area contributed by atoms with E-state index in [1.54, 1.807) is 18.5 Å². The van der Waals surface area contributed by atoms with E-state index in [-0.39, 0.29) is 0 Å². The van der Waals surface area contributed by atoms with Gasteiger partial charge in [0.15, 0.2) is 0 Å². The summed E-state index contributed by atoms with van der Waals surface area (Å²) in [6.45, 7) is 1.88. The Morgan fingerprint density at radius 3 is 2.83 bits per heavy atom. The van der Waals surface area contributed by atoms with Crippen LogP contribution >= 0.6 is 0 Å². The van der Waals surface area contributed by atoms with E-state index in [1.165, 1.54) is 22.9 Å². The Kier molecular flexibility index (Phi) is 3.23. The van der Waals surface area contributed by atoms with Crippen molar-refractivity contribution >= 4 is 12.0 Å². The minimum Gasteiger partial charge on any atom is -0.478 e. The summed E-state index contributed by atoms with van der Waals surface area (Å²) in [5, 5.41) is 12.6. The van der Waals surface area contributed by atoms with E-state index in [9.17, 15) is 9.18 Å². The van der Waals surface area contributed by atoms with Crippen LogP contribution in [-0.4, -0.2) is 20.9 Å². The molecule has 92 valence electrons. The average molecular weight is 246 g/mol. The molecule has 2 rings (SSSR count). The Bertz CT molecular complexity index is 617. The molecule has 0 unspecified atom stereocenters. The molecule has 2 aromatic rings. The molecule has 0 aliphatic carbocycles. The van der Waals surface area contributed by atoms with Crippen molar-refractivity contribution in [1.29, 1.82) is 0 Å². The highest BCUT2D eigenvalue weighted by molar-refractivity contribution is 5.85. The van der Waals surface area contributed by atoms with E-state index < -0.39 is 11.8 Å². The van der Waals surface area contributed by atoms with Gasteiger partial charge in [0, 0.05) is 12.3 Å². The predicted octanol–water partition coefficient (Wildman–Crippen LogP) is 2.42. The molecular formula is C13H11FN2O2. The quantitative estimate of drug-likeness (QED) is 0.846. The largest absolute Gasteiger partial charge is 0.478 e. The van der Waals surface area contributed by atoms with Crippen LogP contribution in [0, 0.1) is 12.7 Å². The first-order chi connectivity index (χ1) is 8.54. The number of carboxylic acids is 1. The molecule has 0 aliphatic rings. The molecule has 0 spiro atoms. The predicted molar refractivity (Wildman–Crippen MR) is 64.9 cm³/mol. The lowest BCUT2D eigenvalue weighted by atomic mass is 10.2. The fourth-order valence-electron chi connectivity index (χ4n) is 1.55. The van der Waals surface area contributed by atoms with Gasteiger partial charge in [0.25, 0.3) is 0 Å². The molecule has 0 atom stereocenters. The van der Waals surface area contributed by atoms with Crippen LogP contribution in [0.3, 0.4) is 0 Å². The third-order valence-corrected chi connectivity index (χ3v) is 2.30. The maximum Gasteiger partial charge on any atom is 0.328 e. The van der Waals surface area contributed by atoms with Crippen LogP contribution in [0.2, 0.25) is 0 Å². The van der Waals surface area contributed by atoms with Gasteiger partial charge in [0.1, 0.15) is 5.82 Å². The lowest BCUT2D eigenvalue weighted by Crippen LogP contribution is -1.96. The second-order valence-corrected chi connectivity index (χ2v) is 3.88. The lowest BCUT2D eigenvalue weighted by Gasteiger charge is -2.03. The summed E-state index contributed by atoms with van der Waals surface area (Å²) in [7, 11) is 0. The van der Waals surface area contributed by atoms with Crippen molar-refractivity contribution in [2.45, 2.75) is 6.92 Å². The maximum absolute atomic E-state index is 13.4. The van der Waals surface area contributed by atoms with Gasteiger partial charge in [-0.25, -0.2) is 13.9 Å². The number of aryl methyl sites for hydroxylation is 1. The number of hydrogen-bond acceptors (Lipinski definition) is 2. The molecule has 18 heavy (non-hydrogen) atoms. The maximum atomic E-state index is 13.4. The standard InChI is InChI=1S/C13H11FN2O2/c1-9-7-15-16(8-9)12-5-10(2-3-13(17)18)4-11(14)6-12/h2-8H,1H3,(H,17,18)/b3-2+. The fraction of sp³-hybridized carbons (Fsp3) is 0.0769. The molecule has 1 N–H and O–H groups in total. The summed E-state index contributed by atoms with van der Waals surface area (Å²) in [5.41, 5.74) is 1.98. The zero-order valence-corrected chi connectivity index (χ0v) is 9.67. The molecule has 4 nitrogen and oxygen atoms in total. The highest BCUT2D eigenvalue weighted by Gasteiger charge is 2.03. The monoisotopic (exact) mass is 246 g/mol. The zero-order chi connectivity index (χ0) is 13.1. The molecule has 0 saturated carbocycles. The highest BCUT2D eigenvalue weighted by Crippen LogP contribution is 2.15. The van der Waals surface area contributed by atoms with Gasteiger partial charge < -0.3 is 5.11 Å². The number of aromatic nitrogens is 2. The Morgan fingerprint density at radius 1 is 1.44 bits per heavy atom. The second kappa shape index (κ2) is 4.83. The lowest BCUT2D eigenvalue weighted by molar-refractivity contribution is -0.131. The summed E-state index contributed by atoms with van der Waals surface area (Å²) < 4.78 is 15.0. The summed E-state index contributed by atoms with van der Waals surface area (Å²) >= 11 is 0. The smallest absolute Gasteiger partial charge is 0.328 e. The van der Waals surface area contributed by atoms with Crippen LogP contribution < -0.4 is 0 Å². The van der Waals surface area contributed by atoms with E-state index in [1.807, 2.05) is 6.92 Å². The first-order valence-electron chi connectivity index (χ1n) is 5.28. The molecule has 0 bridgehead atoms. The number of hydrogen-bond donors (Lipinski definition) is 1. The van der Waals surface area contributed by atoms with Crippen LogP contribution in [0.5, 0.6) is 0 Å². The third-order valence-electron chi connectivity index (χ3n) is 2.30. The van der Waals surface area contributed by atoms with Crippen molar-refractivity contribution in [1.82, 2.24) is 9.78 Å². The van der Waals surface area contributed by atoms with Crippen LogP contribution in [0.15, 0.2) is 36.7 Å². The average Bonchev–Trinajstić information content (AvgIpc) is 2.72. The Hall–Kier alpha value is -2.43. The van der Waals surface area contributed by atoms with E-state index in [4.69, 9.17) is 5.11 Å². The summed E-state index contributed by atoms with van der Waals surface area (Å²) in [4.78, 5) is 10.4. The zero-order valence-electron chi connectivity index (χ0n) is 9.67. The van der Waals surface area contributed by atoms with Crippen LogP contribution in [0.25, 0.3) is 11.8 Å². The molecule has 0 amide bonds. The normalized spacial score (nSPS) is 11.0. The Labute approximate surface area is 103 Å². The minimum atomic E-state index is -1.07. The van der Waals surface area contributed by atoms with Crippen molar-refractivity contribution in [3.8, 4) is 5.69 Å². The molecular weight excluding hydrogens is 235 g/mol. The van der Waals surface area contributed by atoms with E-state index >= 15 is 0 Å². The number of carbonyl (C=O) groups is 1. The first-order valence-corrected chi connectivity index (χ1v) is 5.28. The summed E-state index contributed by atoms with van der Waals surface area (Å²) in [6.07, 6.45) is 5.73. The molecule has 1 aromatic carbocycles. The van der Waals surface area contributed by atoms with Crippen LogP contribution in [0.4, 0.5) is 4.39 Å². The van der Waals surface area contributed by atoms with Crippen molar-refractivity contribution < 1.29 is 14.3 Å². The Morgan fingerprint density at radius 2 is 2.22 bits per heavy atom. The Balaban J connectivity index is 2.41. The number of aliphatic carboxylic acids is 1. The van der Waals surface area contributed by atoms with Gasteiger partial charge in [-0.2, -0.15) is 5.10 Å². The fourth-order valence-corrected chi connectivity index (χ4v) is 1.55. The van der Waals surface area contributed by atoms with Crippen molar-refractivity contribution in [3.05, 3.63) is 53.6 Å². The molecule has 1 aromatic heterocycles. The van der Waals surface area contributed by atoms with Gasteiger partial charge in [-0.1, -0.05) is 0 Å². The topological polar surface area (TPSA) is 55.1 Å². The van der Waals surface area contributed by atoms with E-state index in [2.05, 4.69) is 5.10 Å². The van der Waals surface area contributed by atoms with Crippen LogP contribution in [-0.2, 0) is 4.79 Å². The highest BCUT2D eigenvalue weighted by atomic mass is 19.1. The minimum absolute atomic E-state index is 0.439. The van der Waals surface area contributed by atoms with Gasteiger partial charge >= 0.3 is 5.97 Å². The molecule has 0 aliphatic heterocycles. The third kappa shape index (κ3) is 2.82. The summed E-state index contributed by atoms with van der Waals surface area (Å²) in [6, 6.07) is 4.26. The number of nitrogens with zero attached hydrogens (tertiary/aromatic N) is 2. The second-order valence-electron chi connectivity index (χ2n) is 3.88. The molecule has 0 saturated heterocycles. The van der Waals surface area contributed by atoms with Gasteiger partial charge in [-0.3, -0.25) is 0 Å². The first kappa shape index (κ1) is 12.0. The number of rotatable bonds is 3. The van der Waals surface area contributed by atoms with Crippen molar-refractivity contribution in [2.75, 3.05) is 0 Å². The molecule has 0 radical (unpaired) electrons. The number of benzene rings is 1. The van der Waals surface area contributed by atoms with Gasteiger partial charge in [0.05, 0.1) is 11.9 Å². The van der Waals surface area contributed by atoms with Gasteiger partial charge in [0.2, 0.25) is 0 Å². The molecule has 1 heterocycles.